The van der Waals surface area contributed by atoms with E-state index >= 15 is 0 Å². The van der Waals surface area contributed by atoms with Gasteiger partial charge in [-0.15, -0.1) is 0 Å². The summed E-state index contributed by atoms with van der Waals surface area (Å²) in [7, 11) is 1.52. The van der Waals surface area contributed by atoms with Crippen LogP contribution in [0.1, 0.15) is 5.56 Å². The zero-order chi connectivity index (χ0) is 10.6. The standard InChI is InChI=1S/C9H8BrNO3/c1-14-9-3-2-8(10)6-7(9)4-5-11(12)13/h2-6H,1H3/b5-4-. The molecule has 1 rings (SSSR count). The molecule has 0 saturated heterocycles. The molecule has 0 aromatic heterocycles. The highest BCUT2D eigenvalue weighted by molar-refractivity contribution is 9.10. The Bertz CT molecular complexity index is 376. The van der Waals surface area contributed by atoms with E-state index in [1.165, 1.54) is 13.2 Å². The Kier molecular flexibility index (Phi) is 3.64. The second kappa shape index (κ2) is 4.76. The largest absolute Gasteiger partial charge is 0.496 e. The van der Waals surface area contributed by atoms with Gasteiger partial charge in [0.05, 0.1) is 12.0 Å². The molecule has 0 spiro atoms. The van der Waals surface area contributed by atoms with Gasteiger partial charge in [-0.25, -0.2) is 0 Å². The Hall–Kier alpha value is -1.36. The predicted octanol–water partition coefficient (Wildman–Crippen LogP) is 2.71. The molecule has 0 unspecified atom stereocenters. The smallest absolute Gasteiger partial charge is 0.235 e. The predicted molar refractivity (Wildman–Crippen MR) is 56.7 cm³/mol. The SMILES string of the molecule is COc1ccc(Br)cc1/C=C\[N+](=O)[O-]. The maximum atomic E-state index is 10.1. The first-order valence-corrected chi connectivity index (χ1v) is 4.58. The van der Waals surface area contributed by atoms with Gasteiger partial charge in [0.15, 0.2) is 0 Å². The van der Waals surface area contributed by atoms with E-state index < -0.39 is 4.92 Å². The van der Waals surface area contributed by atoms with Crippen molar-refractivity contribution >= 4 is 22.0 Å². The molecule has 0 fully saturated rings. The van der Waals surface area contributed by atoms with E-state index in [4.69, 9.17) is 4.74 Å². The van der Waals surface area contributed by atoms with Crippen LogP contribution >= 0.6 is 15.9 Å². The Morgan fingerprint density at radius 1 is 1.57 bits per heavy atom. The van der Waals surface area contributed by atoms with Crippen molar-refractivity contribution in [2.24, 2.45) is 0 Å². The van der Waals surface area contributed by atoms with Gasteiger partial charge in [0.25, 0.3) is 0 Å². The fourth-order valence-electron chi connectivity index (χ4n) is 0.977. The van der Waals surface area contributed by atoms with E-state index in [-0.39, 0.29) is 0 Å². The Labute approximate surface area is 89.5 Å². The summed E-state index contributed by atoms with van der Waals surface area (Å²) in [4.78, 5) is 9.61. The van der Waals surface area contributed by atoms with Gasteiger partial charge < -0.3 is 4.74 Å². The van der Waals surface area contributed by atoms with Crippen molar-refractivity contribution in [1.82, 2.24) is 0 Å². The van der Waals surface area contributed by atoms with Crippen molar-refractivity contribution in [2.75, 3.05) is 7.11 Å². The maximum Gasteiger partial charge on any atom is 0.235 e. The third kappa shape index (κ3) is 2.85. The topological polar surface area (TPSA) is 52.4 Å². The van der Waals surface area contributed by atoms with Crippen LogP contribution in [0, 0.1) is 10.1 Å². The number of nitro groups is 1. The minimum atomic E-state index is -0.514. The Balaban J connectivity index is 3.04. The third-order valence-electron chi connectivity index (χ3n) is 1.57. The quantitative estimate of drug-likeness (QED) is 0.618. The summed E-state index contributed by atoms with van der Waals surface area (Å²) < 4.78 is 5.89. The van der Waals surface area contributed by atoms with Gasteiger partial charge in [-0.3, -0.25) is 10.1 Å². The number of hydrogen-bond donors (Lipinski definition) is 0. The molecule has 0 bridgehead atoms. The third-order valence-corrected chi connectivity index (χ3v) is 2.06. The molecule has 0 radical (unpaired) electrons. The first-order chi connectivity index (χ1) is 6.63. The second-order valence-electron chi connectivity index (χ2n) is 2.49. The molecule has 5 heteroatoms. The summed E-state index contributed by atoms with van der Waals surface area (Å²) >= 11 is 3.27. The molecular weight excluding hydrogens is 250 g/mol. The van der Waals surface area contributed by atoms with Gasteiger partial charge in [-0.1, -0.05) is 15.9 Å². The number of nitrogens with zero attached hydrogens (tertiary/aromatic N) is 1. The van der Waals surface area contributed by atoms with Crippen LogP contribution in [0.15, 0.2) is 28.9 Å². The monoisotopic (exact) mass is 257 g/mol. The fourth-order valence-corrected chi connectivity index (χ4v) is 1.36. The summed E-state index contributed by atoms with van der Waals surface area (Å²) in [5.74, 6) is 0.603. The van der Waals surface area contributed by atoms with Crippen molar-refractivity contribution in [1.29, 1.82) is 0 Å². The summed E-state index contributed by atoms with van der Waals surface area (Å²) in [5.41, 5.74) is 0.665. The number of methoxy groups -OCH3 is 1. The lowest BCUT2D eigenvalue weighted by Gasteiger charge is -2.03. The van der Waals surface area contributed by atoms with Crippen LogP contribution in [-0.4, -0.2) is 12.0 Å². The van der Waals surface area contributed by atoms with Crippen LogP contribution in [0.3, 0.4) is 0 Å². The van der Waals surface area contributed by atoms with Crippen LogP contribution in [0.2, 0.25) is 0 Å². The van der Waals surface area contributed by atoms with Crippen LogP contribution in [0.5, 0.6) is 5.75 Å². The van der Waals surface area contributed by atoms with Gasteiger partial charge in [0.2, 0.25) is 6.20 Å². The first-order valence-electron chi connectivity index (χ1n) is 3.78. The van der Waals surface area contributed by atoms with Crippen molar-refractivity contribution in [3.05, 3.63) is 44.5 Å². The molecule has 14 heavy (non-hydrogen) atoms. The highest BCUT2D eigenvalue weighted by Gasteiger charge is 2.01. The fraction of sp³-hybridized carbons (Fsp3) is 0.111. The number of ether oxygens (including phenoxy) is 1. The average Bonchev–Trinajstić information content (AvgIpc) is 2.15. The molecule has 0 amide bonds. The molecule has 0 heterocycles. The second-order valence-corrected chi connectivity index (χ2v) is 3.40. The van der Waals surface area contributed by atoms with Gasteiger partial charge in [0, 0.05) is 16.1 Å². The van der Waals surface area contributed by atoms with E-state index in [9.17, 15) is 10.1 Å². The van der Waals surface area contributed by atoms with Crippen molar-refractivity contribution < 1.29 is 9.66 Å². The number of hydrogen-bond acceptors (Lipinski definition) is 3. The van der Waals surface area contributed by atoms with Gasteiger partial charge >= 0.3 is 0 Å². The van der Waals surface area contributed by atoms with Gasteiger partial charge in [0.1, 0.15) is 5.75 Å². The first kappa shape index (κ1) is 10.7. The number of rotatable bonds is 3. The summed E-state index contributed by atoms with van der Waals surface area (Å²) in [6, 6.07) is 5.30. The molecule has 0 N–H and O–H groups in total. The lowest BCUT2D eigenvalue weighted by atomic mass is 10.2. The molecule has 0 aliphatic carbocycles. The maximum absolute atomic E-state index is 10.1. The number of halogens is 1. The average molecular weight is 258 g/mol. The highest BCUT2D eigenvalue weighted by atomic mass is 79.9. The van der Waals surface area contributed by atoms with Crippen molar-refractivity contribution in [3.8, 4) is 5.75 Å². The number of benzene rings is 1. The zero-order valence-corrected chi connectivity index (χ0v) is 9.02. The molecule has 1 aromatic carbocycles. The van der Waals surface area contributed by atoms with E-state index in [1.54, 1.807) is 12.1 Å². The van der Waals surface area contributed by atoms with E-state index in [0.717, 1.165) is 10.7 Å². The Morgan fingerprint density at radius 3 is 2.86 bits per heavy atom. The molecule has 0 aliphatic heterocycles. The summed E-state index contributed by atoms with van der Waals surface area (Å²) in [6.45, 7) is 0. The molecule has 0 aliphatic rings. The van der Waals surface area contributed by atoms with Crippen molar-refractivity contribution in [3.63, 3.8) is 0 Å². The van der Waals surface area contributed by atoms with Gasteiger partial charge in [-0.05, 0) is 18.2 Å². The minimum absolute atomic E-state index is 0.514. The van der Waals surface area contributed by atoms with E-state index in [1.807, 2.05) is 6.07 Å². The lowest BCUT2D eigenvalue weighted by molar-refractivity contribution is -0.400. The molecule has 1 aromatic rings. The summed E-state index contributed by atoms with van der Waals surface area (Å²) in [6.07, 6.45) is 2.27. The summed E-state index contributed by atoms with van der Waals surface area (Å²) in [5, 5.41) is 10.1. The molecule has 0 atom stereocenters. The molecule has 0 saturated carbocycles. The van der Waals surface area contributed by atoms with Crippen LogP contribution in [-0.2, 0) is 0 Å². The lowest BCUT2D eigenvalue weighted by Crippen LogP contribution is -1.88. The van der Waals surface area contributed by atoms with Crippen LogP contribution in [0.25, 0.3) is 6.08 Å². The van der Waals surface area contributed by atoms with Crippen LogP contribution in [0.4, 0.5) is 0 Å². The van der Waals surface area contributed by atoms with E-state index in [2.05, 4.69) is 15.9 Å². The Morgan fingerprint density at radius 2 is 2.29 bits per heavy atom. The van der Waals surface area contributed by atoms with Crippen molar-refractivity contribution in [2.45, 2.75) is 0 Å². The molecule has 4 nitrogen and oxygen atoms in total. The normalized spacial score (nSPS) is 10.4. The molecular formula is C9H8BrNO3. The van der Waals surface area contributed by atoms with E-state index in [0.29, 0.717) is 11.3 Å². The van der Waals surface area contributed by atoms with Gasteiger partial charge in [-0.2, -0.15) is 0 Å². The van der Waals surface area contributed by atoms with Crippen LogP contribution < -0.4 is 4.74 Å². The highest BCUT2D eigenvalue weighted by Crippen LogP contribution is 2.23. The minimum Gasteiger partial charge on any atom is -0.496 e. The zero-order valence-electron chi connectivity index (χ0n) is 7.44. The molecule has 74 valence electrons.